The number of pyridine rings is 1. The van der Waals surface area contributed by atoms with Crippen molar-refractivity contribution in [3.05, 3.63) is 47.7 Å². The van der Waals surface area contributed by atoms with Gasteiger partial charge in [0.1, 0.15) is 18.0 Å². The summed E-state index contributed by atoms with van der Waals surface area (Å²) in [7, 11) is 1.94. The molecular formula is C15H18N6. The summed E-state index contributed by atoms with van der Waals surface area (Å²) in [6, 6.07) is 8.25. The van der Waals surface area contributed by atoms with E-state index >= 15 is 0 Å². The van der Waals surface area contributed by atoms with Gasteiger partial charge in [-0.15, -0.1) is 0 Å². The van der Waals surface area contributed by atoms with E-state index < -0.39 is 0 Å². The molecule has 0 spiro atoms. The van der Waals surface area contributed by atoms with Gasteiger partial charge in [0, 0.05) is 17.8 Å². The fraction of sp³-hybridized carbons (Fsp3) is 0.267. The first-order valence-corrected chi connectivity index (χ1v) is 6.89. The maximum absolute atomic E-state index is 6.12. The maximum atomic E-state index is 6.12. The summed E-state index contributed by atoms with van der Waals surface area (Å²) in [6.07, 6.45) is 2.08. The van der Waals surface area contributed by atoms with Gasteiger partial charge >= 0.3 is 0 Å². The van der Waals surface area contributed by atoms with E-state index in [9.17, 15) is 0 Å². The number of H-pyrrole nitrogens is 1. The van der Waals surface area contributed by atoms with Crippen LogP contribution in [0.25, 0.3) is 10.8 Å². The van der Waals surface area contributed by atoms with Crippen LogP contribution in [0.3, 0.4) is 0 Å². The van der Waals surface area contributed by atoms with Crippen LogP contribution in [-0.4, -0.2) is 27.2 Å². The minimum atomic E-state index is 0.168. The van der Waals surface area contributed by atoms with Crippen LogP contribution in [0.2, 0.25) is 0 Å². The number of nitrogens with zero attached hydrogens (tertiary/aromatic N) is 3. The molecule has 108 valence electrons. The van der Waals surface area contributed by atoms with Crippen molar-refractivity contribution in [2.45, 2.75) is 19.4 Å². The Bertz CT molecular complexity index is 750. The zero-order valence-corrected chi connectivity index (χ0v) is 12.1. The number of hydrogen-bond acceptors (Lipinski definition) is 5. The van der Waals surface area contributed by atoms with Crippen molar-refractivity contribution < 1.29 is 0 Å². The molecule has 0 aliphatic heterocycles. The summed E-state index contributed by atoms with van der Waals surface area (Å²) < 4.78 is 0. The lowest BCUT2D eigenvalue weighted by molar-refractivity contribution is 0.646. The molecule has 2 aromatic heterocycles. The second kappa shape index (κ2) is 5.49. The van der Waals surface area contributed by atoms with E-state index in [4.69, 9.17) is 5.73 Å². The van der Waals surface area contributed by atoms with Gasteiger partial charge in [0.2, 0.25) is 0 Å². The van der Waals surface area contributed by atoms with Crippen LogP contribution in [0.5, 0.6) is 0 Å². The molecule has 0 amide bonds. The lowest BCUT2D eigenvalue weighted by atomic mass is 9.96. The average Bonchev–Trinajstić information content (AvgIpc) is 3.00. The largest absolute Gasteiger partial charge is 0.383 e. The van der Waals surface area contributed by atoms with Crippen molar-refractivity contribution in [3.8, 4) is 0 Å². The number of aromatic amines is 1. The average molecular weight is 282 g/mol. The van der Waals surface area contributed by atoms with Crippen LogP contribution in [0.1, 0.15) is 30.0 Å². The summed E-state index contributed by atoms with van der Waals surface area (Å²) in [5.41, 5.74) is 8.19. The number of aromatic nitrogens is 4. The van der Waals surface area contributed by atoms with Gasteiger partial charge < -0.3 is 11.1 Å². The SMILES string of the molecule is CNC(C)c1c(Cc2ncn[nH]2)nc(N)c2ccccc12. The van der Waals surface area contributed by atoms with Crippen LogP contribution >= 0.6 is 0 Å². The second-order valence-corrected chi connectivity index (χ2v) is 5.02. The van der Waals surface area contributed by atoms with E-state index in [1.54, 1.807) is 0 Å². The molecule has 1 unspecified atom stereocenters. The molecule has 0 fully saturated rings. The predicted octanol–water partition coefficient (Wildman–Crippen LogP) is 1.81. The number of nitrogens with one attached hydrogen (secondary N) is 2. The lowest BCUT2D eigenvalue weighted by Gasteiger charge is -2.18. The first-order valence-electron chi connectivity index (χ1n) is 6.89. The molecule has 4 N–H and O–H groups in total. The molecule has 3 aromatic rings. The van der Waals surface area contributed by atoms with Gasteiger partial charge in [-0.2, -0.15) is 5.10 Å². The quantitative estimate of drug-likeness (QED) is 0.678. The predicted molar refractivity (Wildman–Crippen MR) is 82.8 cm³/mol. The molecule has 0 aliphatic carbocycles. The Balaban J connectivity index is 2.22. The van der Waals surface area contributed by atoms with E-state index in [0.717, 1.165) is 27.9 Å². The first-order chi connectivity index (χ1) is 10.2. The van der Waals surface area contributed by atoms with Crippen LogP contribution in [-0.2, 0) is 6.42 Å². The number of nitrogen functional groups attached to an aromatic ring is 1. The van der Waals surface area contributed by atoms with E-state index in [0.29, 0.717) is 12.2 Å². The molecule has 6 nitrogen and oxygen atoms in total. The number of rotatable bonds is 4. The fourth-order valence-electron chi connectivity index (χ4n) is 2.60. The van der Waals surface area contributed by atoms with E-state index in [1.807, 2.05) is 25.2 Å². The zero-order valence-electron chi connectivity index (χ0n) is 12.1. The number of anilines is 1. The van der Waals surface area contributed by atoms with Crippen molar-refractivity contribution in [2.75, 3.05) is 12.8 Å². The number of fused-ring (bicyclic) bond motifs is 1. The third-order valence-corrected chi connectivity index (χ3v) is 3.73. The van der Waals surface area contributed by atoms with Gasteiger partial charge in [-0.05, 0) is 24.9 Å². The molecule has 0 saturated heterocycles. The molecule has 1 aromatic carbocycles. The van der Waals surface area contributed by atoms with Gasteiger partial charge in [-0.1, -0.05) is 24.3 Å². The summed E-state index contributed by atoms with van der Waals surface area (Å²) in [5.74, 6) is 1.33. The van der Waals surface area contributed by atoms with Crippen molar-refractivity contribution >= 4 is 16.6 Å². The monoisotopic (exact) mass is 282 g/mol. The topological polar surface area (TPSA) is 92.5 Å². The first kappa shape index (κ1) is 13.5. The van der Waals surface area contributed by atoms with Crippen molar-refractivity contribution in [1.82, 2.24) is 25.5 Å². The van der Waals surface area contributed by atoms with Gasteiger partial charge in [0.05, 0.1) is 5.69 Å². The summed E-state index contributed by atoms with van der Waals surface area (Å²) >= 11 is 0. The van der Waals surface area contributed by atoms with E-state index in [2.05, 4.69) is 38.5 Å². The van der Waals surface area contributed by atoms with Crippen molar-refractivity contribution in [1.29, 1.82) is 0 Å². The van der Waals surface area contributed by atoms with Gasteiger partial charge in [0.25, 0.3) is 0 Å². The number of hydrogen-bond donors (Lipinski definition) is 3. The van der Waals surface area contributed by atoms with Crippen molar-refractivity contribution in [3.63, 3.8) is 0 Å². The molecule has 0 saturated carbocycles. The third kappa shape index (κ3) is 2.45. The standard InChI is InChI=1S/C15H18N6/c1-9(17-2)14-10-5-3-4-6-11(10)15(16)20-12(14)7-13-18-8-19-21-13/h3-6,8-9,17H,7H2,1-2H3,(H2,16,20)(H,18,19,21). The zero-order chi connectivity index (χ0) is 14.8. The number of benzene rings is 1. The molecule has 6 heteroatoms. The summed E-state index contributed by atoms with van der Waals surface area (Å²) in [6.45, 7) is 2.11. The van der Waals surface area contributed by atoms with Crippen LogP contribution in [0, 0.1) is 0 Å². The maximum Gasteiger partial charge on any atom is 0.137 e. The Kier molecular flexibility index (Phi) is 3.53. The van der Waals surface area contributed by atoms with Gasteiger partial charge in [-0.25, -0.2) is 9.97 Å². The van der Waals surface area contributed by atoms with E-state index in [1.165, 1.54) is 6.33 Å². The molecule has 3 rings (SSSR count). The molecule has 2 heterocycles. The fourth-order valence-corrected chi connectivity index (χ4v) is 2.60. The smallest absolute Gasteiger partial charge is 0.137 e. The van der Waals surface area contributed by atoms with Crippen molar-refractivity contribution in [2.24, 2.45) is 0 Å². The molecule has 21 heavy (non-hydrogen) atoms. The summed E-state index contributed by atoms with van der Waals surface area (Å²) in [5, 5.41) is 12.2. The Morgan fingerprint density at radius 3 is 2.71 bits per heavy atom. The van der Waals surface area contributed by atoms with E-state index in [-0.39, 0.29) is 6.04 Å². The highest BCUT2D eigenvalue weighted by Crippen LogP contribution is 2.30. The Labute approximate surface area is 122 Å². The van der Waals surface area contributed by atoms with Gasteiger partial charge in [0.15, 0.2) is 0 Å². The Morgan fingerprint density at radius 2 is 2.05 bits per heavy atom. The summed E-state index contributed by atoms with van der Waals surface area (Å²) in [4.78, 5) is 8.77. The van der Waals surface area contributed by atoms with Crippen LogP contribution in [0.15, 0.2) is 30.6 Å². The normalized spacial score (nSPS) is 12.7. The van der Waals surface area contributed by atoms with Gasteiger partial charge in [-0.3, -0.25) is 5.10 Å². The highest BCUT2D eigenvalue weighted by atomic mass is 15.2. The third-order valence-electron chi connectivity index (χ3n) is 3.73. The second-order valence-electron chi connectivity index (χ2n) is 5.02. The molecular weight excluding hydrogens is 264 g/mol. The van der Waals surface area contributed by atoms with Crippen LogP contribution in [0.4, 0.5) is 5.82 Å². The molecule has 0 aliphatic rings. The molecule has 0 bridgehead atoms. The minimum absolute atomic E-state index is 0.168. The number of nitrogens with two attached hydrogens (primary N) is 1. The molecule has 0 radical (unpaired) electrons. The Hall–Kier alpha value is -2.47. The lowest BCUT2D eigenvalue weighted by Crippen LogP contribution is -2.17. The Morgan fingerprint density at radius 1 is 1.29 bits per heavy atom. The highest BCUT2D eigenvalue weighted by Gasteiger charge is 2.17. The van der Waals surface area contributed by atoms with Crippen LogP contribution < -0.4 is 11.1 Å². The highest BCUT2D eigenvalue weighted by molar-refractivity contribution is 5.94. The minimum Gasteiger partial charge on any atom is -0.383 e. The molecule has 1 atom stereocenters.